The first-order chi connectivity index (χ1) is 11.5. The summed E-state index contributed by atoms with van der Waals surface area (Å²) in [5, 5.41) is 5.22. The van der Waals surface area contributed by atoms with Crippen molar-refractivity contribution in [3.05, 3.63) is 59.7 Å². The van der Waals surface area contributed by atoms with Crippen LogP contribution < -0.4 is 15.4 Å². The van der Waals surface area contributed by atoms with Crippen LogP contribution in [0.25, 0.3) is 0 Å². The zero-order valence-corrected chi connectivity index (χ0v) is 12.9. The Bertz CT molecular complexity index is 735. The minimum absolute atomic E-state index is 0.0267. The van der Waals surface area contributed by atoms with E-state index in [1.165, 1.54) is 24.3 Å². The maximum atomic E-state index is 12.4. The number of hydrogen-bond donors (Lipinski definition) is 2. The number of rotatable bonds is 6. The van der Waals surface area contributed by atoms with Crippen molar-refractivity contribution in [1.82, 2.24) is 5.32 Å². The average Bonchev–Trinajstić information content (AvgIpc) is 2.55. The van der Waals surface area contributed by atoms with Gasteiger partial charge in [-0.05, 0) is 37.3 Å². The fraction of sp³-hybridized carbons (Fsp3) is 0.176. The van der Waals surface area contributed by atoms with Gasteiger partial charge in [0.15, 0.2) is 0 Å². The van der Waals surface area contributed by atoms with E-state index in [0.717, 1.165) is 0 Å². The van der Waals surface area contributed by atoms with Crippen LogP contribution in [-0.2, 0) is 0 Å². The van der Waals surface area contributed by atoms with Crippen LogP contribution >= 0.6 is 0 Å². The number of ether oxygens (including phenoxy) is 1. The molecule has 2 aromatic rings. The summed E-state index contributed by atoms with van der Waals surface area (Å²) in [5.41, 5.74) is 0.726. The SMILES string of the molecule is CCNC(=O)c1cccc(NC(=O)c2ccccc2OC(F)F)c1. The van der Waals surface area contributed by atoms with E-state index >= 15 is 0 Å². The van der Waals surface area contributed by atoms with Gasteiger partial charge in [-0.25, -0.2) is 0 Å². The average molecular weight is 334 g/mol. The molecule has 2 rings (SSSR count). The Morgan fingerprint density at radius 2 is 1.83 bits per heavy atom. The zero-order valence-electron chi connectivity index (χ0n) is 12.9. The van der Waals surface area contributed by atoms with Gasteiger partial charge in [-0.15, -0.1) is 0 Å². The van der Waals surface area contributed by atoms with E-state index < -0.39 is 12.5 Å². The van der Waals surface area contributed by atoms with Gasteiger partial charge in [-0.1, -0.05) is 18.2 Å². The topological polar surface area (TPSA) is 67.4 Å². The lowest BCUT2D eigenvalue weighted by Crippen LogP contribution is -2.22. The van der Waals surface area contributed by atoms with Crippen LogP contribution in [0, 0.1) is 0 Å². The summed E-state index contributed by atoms with van der Waals surface area (Å²) in [6.07, 6.45) is 0. The third-order valence-corrected chi connectivity index (χ3v) is 3.07. The summed E-state index contributed by atoms with van der Waals surface area (Å²) >= 11 is 0. The van der Waals surface area contributed by atoms with Gasteiger partial charge in [0.1, 0.15) is 5.75 Å². The standard InChI is InChI=1S/C17H16F2N2O3/c1-2-20-15(22)11-6-5-7-12(10-11)21-16(23)13-8-3-4-9-14(13)24-17(18)19/h3-10,17H,2H2,1H3,(H,20,22)(H,21,23). The third kappa shape index (κ3) is 4.52. The van der Waals surface area contributed by atoms with Crippen molar-refractivity contribution in [2.75, 3.05) is 11.9 Å². The van der Waals surface area contributed by atoms with E-state index in [-0.39, 0.29) is 17.2 Å². The van der Waals surface area contributed by atoms with Crippen LogP contribution in [0.15, 0.2) is 48.5 Å². The molecule has 0 unspecified atom stereocenters. The van der Waals surface area contributed by atoms with Crippen molar-refractivity contribution in [3.8, 4) is 5.75 Å². The highest BCUT2D eigenvalue weighted by molar-refractivity contribution is 6.06. The van der Waals surface area contributed by atoms with Crippen LogP contribution in [0.5, 0.6) is 5.75 Å². The van der Waals surface area contributed by atoms with E-state index in [4.69, 9.17) is 0 Å². The molecule has 0 bridgehead atoms. The van der Waals surface area contributed by atoms with Crippen molar-refractivity contribution in [3.63, 3.8) is 0 Å². The molecule has 24 heavy (non-hydrogen) atoms. The van der Waals surface area contributed by atoms with Crippen molar-refractivity contribution in [2.45, 2.75) is 13.5 Å². The second kappa shape index (κ2) is 8.05. The molecule has 2 aromatic carbocycles. The maximum Gasteiger partial charge on any atom is 0.387 e. The van der Waals surface area contributed by atoms with Crippen molar-refractivity contribution in [1.29, 1.82) is 0 Å². The molecule has 0 atom stereocenters. The Labute approximate surface area is 137 Å². The quantitative estimate of drug-likeness (QED) is 0.852. The molecule has 7 heteroatoms. The first kappa shape index (κ1) is 17.4. The summed E-state index contributed by atoms with van der Waals surface area (Å²) in [6.45, 7) is -0.753. The van der Waals surface area contributed by atoms with Crippen LogP contribution in [0.3, 0.4) is 0 Å². The van der Waals surface area contributed by atoms with E-state index in [9.17, 15) is 18.4 Å². The zero-order chi connectivity index (χ0) is 17.5. The Morgan fingerprint density at radius 1 is 1.08 bits per heavy atom. The number of carbonyl (C=O) groups is 2. The number of anilines is 1. The Hall–Kier alpha value is -2.96. The highest BCUT2D eigenvalue weighted by Crippen LogP contribution is 2.22. The van der Waals surface area contributed by atoms with Gasteiger partial charge in [0, 0.05) is 17.8 Å². The molecule has 0 fully saturated rings. The van der Waals surface area contributed by atoms with Crippen LogP contribution in [0.4, 0.5) is 14.5 Å². The molecule has 5 nitrogen and oxygen atoms in total. The highest BCUT2D eigenvalue weighted by Gasteiger charge is 2.16. The summed E-state index contributed by atoms with van der Waals surface area (Å²) in [4.78, 5) is 24.1. The molecular weight excluding hydrogens is 318 g/mol. The number of carbonyl (C=O) groups excluding carboxylic acids is 2. The largest absolute Gasteiger partial charge is 0.434 e. The lowest BCUT2D eigenvalue weighted by Gasteiger charge is -2.11. The number of halogens is 2. The molecule has 0 heterocycles. The van der Waals surface area contributed by atoms with Crippen LogP contribution in [0.1, 0.15) is 27.6 Å². The fourth-order valence-corrected chi connectivity index (χ4v) is 2.05. The second-order valence-electron chi connectivity index (χ2n) is 4.77. The molecular formula is C17H16F2N2O3. The Kier molecular flexibility index (Phi) is 5.83. The Balaban J connectivity index is 2.18. The second-order valence-corrected chi connectivity index (χ2v) is 4.77. The monoisotopic (exact) mass is 334 g/mol. The first-order valence-electron chi connectivity index (χ1n) is 7.24. The molecule has 0 saturated heterocycles. The predicted molar refractivity (Wildman–Crippen MR) is 85.5 cm³/mol. The van der Waals surface area contributed by atoms with E-state index in [1.54, 1.807) is 31.2 Å². The molecule has 0 aliphatic heterocycles. The summed E-state index contributed by atoms with van der Waals surface area (Å²) in [5.74, 6) is -1.10. The van der Waals surface area contributed by atoms with E-state index in [2.05, 4.69) is 15.4 Å². The molecule has 0 aliphatic rings. The van der Waals surface area contributed by atoms with Gasteiger partial charge in [0.05, 0.1) is 5.56 Å². The molecule has 0 radical (unpaired) electrons. The normalized spacial score (nSPS) is 10.3. The lowest BCUT2D eigenvalue weighted by molar-refractivity contribution is -0.0501. The summed E-state index contributed by atoms with van der Waals surface area (Å²) in [6, 6.07) is 12.0. The van der Waals surface area contributed by atoms with Gasteiger partial charge < -0.3 is 15.4 Å². The molecule has 0 aliphatic carbocycles. The molecule has 2 amide bonds. The van der Waals surface area contributed by atoms with Crippen molar-refractivity contribution < 1.29 is 23.1 Å². The minimum atomic E-state index is -3.03. The van der Waals surface area contributed by atoms with Gasteiger partial charge in [-0.2, -0.15) is 8.78 Å². The van der Waals surface area contributed by atoms with Gasteiger partial charge in [0.2, 0.25) is 0 Å². The maximum absolute atomic E-state index is 12.4. The van der Waals surface area contributed by atoms with Crippen LogP contribution in [0.2, 0.25) is 0 Å². The number of alkyl halides is 2. The summed E-state index contributed by atoms with van der Waals surface area (Å²) < 4.78 is 29.2. The first-order valence-corrected chi connectivity index (χ1v) is 7.24. The molecule has 126 valence electrons. The number of amides is 2. The highest BCUT2D eigenvalue weighted by atomic mass is 19.3. The molecule has 0 saturated carbocycles. The van der Waals surface area contributed by atoms with Gasteiger partial charge >= 0.3 is 6.61 Å². The van der Waals surface area contributed by atoms with Crippen molar-refractivity contribution in [2.24, 2.45) is 0 Å². The van der Waals surface area contributed by atoms with E-state index in [1.807, 2.05) is 0 Å². The Morgan fingerprint density at radius 3 is 2.54 bits per heavy atom. The fourth-order valence-electron chi connectivity index (χ4n) is 2.05. The number of para-hydroxylation sites is 1. The molecule has 2 N–H and O–H groups in total. The predicted octanol–water partition coefficient (Wildman–Crippen LogP) is 3.29. The number of nitrogens with one attached hydrogen (secondary N) is 2. The number of hydrogen-bond acceptors (Lipinski definition) is 3. The van der Waals surface area contributed by atoms with E-state index in [0.29, 0.717) is 17.8 Å². The van der Waals surface area contributed by atoms with Crippen molar-refractivity contribution >= 4 is 17.5 Å². The smallest absolute Gasteiger partial charge is 0.387 e. The number of benzene rings is 2. The van der Waals surface area contributed by atoms with Gasteiger partial charge in [0.25, 0.3) is 11.8 Å². The third-order valence-electron chi connectivity index (χ3n) is 3.07. The lowest BCUT2D eigenvalue weighted by atomic mass is 10.1. The molecule has 0 aromatic heterocycles. The molecule has 0 spiro atoms. The minimum Gasteiger partial charge on any atom is -0.434 e. The summed E-state index contributed by atoms with van der Waals surface area (Å²) in [7, 11) is 0. The van der Waals surface area contributed by atoms with Crippen LogP contribution in [-0.4, -0.2) is 25.0 Å². The van der Waals surface area contributed by atoms with Gasteiger partial charge in [-0.3, -0.25) is 9.59 Å².